The van der Waals surface area contributed by atoms with Crippen LogP contribution in [-0.2, 0) is 0 Å². The van der Waals surface area contributed by atoms with E-state index < -0.39 is 0 Å². The van der Waals surface area contributed by atoms with Gasteiger partial charge in [-0.25, -0.2) is 0 Å². The van der Waals surface area contributed by atoms with Gasteiger partial charge < -0.3 is 16.2 Å². The molecule has 0 heterocycles. The molecule has 1 saturated carbocycles. The summed E-state index contributed by atoms with van der Waals surface area (Å²) in [7, 11) is 0. The molecular weight excluding hydrogens is 340 g/mol. The van der Waals surface area contributed by atoms with Crippen LogP contribution in [0.15, 0.2) is 22.7 Å². The fraction of sp³-hybridized carbons (Fsp3) is 0.600. The number of rotatable bonds is 5. The Bertz CT molecular complexity index is 444. The highest BCUT2D eigenvalue weighted by Gasteiger charge is 2.27. The van der Waals surface area contributed by atoms with E-state index in [1.165, 1.54) is 12.8 Å². The highest BCUT2D eigenvalue weighted by Crippen LogP contribution is 2.30. The molecule has 2 rings (SSSR count). The van der Waals surface area contributed by atoms with Crippen LogP contribution in [0.4, 0.5) is 0 Å². The lowest BCUT2D eigenvalue weighted by molar-refractivity contribution is 0.146. The van der Waals surface area contributed by atoms with Crippen LogP contribution in [0.2, 0.25) is 5.02 Å². The van der Waals surface area contributed by atoms with Crippen LogP contribution < -0.4 is 11.1 Å². The molecule has 1 aliphatic carbocycles. The zero-order valence-electron chi connectivity index (χ0n) is 11.5. The van der Waals surface area contributed by atoms with Crippen molar-refractivity contribution in [2.75, 3.05) is 13.2 Å². The largest absolute Gasteiger partial charge is 0.396 e. The first-order chi connectivity index (χ1) is 9.65. The van der Waals surface area contributed by atoms with Gasteiger partial charge in [0.2, 0.25) is 0 Å². The Kier molecular flexibility index (Phi) is 6.30. The molecule has 1 fully saturated rings. The second-order valence-corrected chi connectivity index (χ2v) is 6.75. The molecule has 1 aromatic rings. The summed E-state index contributed by atoms with van der Waals surface area (Å²) in [6.07, 6.45) is 4.60. The van der Waals surface area contributed by atoms with Gasteiger partial charge in [0.15, 0.2) is 0 Å². The van der Waals surface area contributed by atoms with Gasteiger partial charge in [-0.3, -0.25) is 0 Å². The van der Waals surface area contributed by atoms with Crippen molar-refractivity contribution in [2.45, 2.75) is 37.8 Å². The van der Waals surface area contributed by atoms with E-state index in [-0.39, 0.29) is 12.6 Å². The van der Waals surface area contributed by atoms with Crippen molar-refractivity contribution in [1.82, 2.24) is 5.32 Å². The van der Waals surface area contributed by atoms with Gasteiger partial charge >= 0.3 is 0 Å². The van der Waals surface area contributed by atoms with Crippen molar-refractivity contribution >= 4 is 27.5 Å². The van der Waals surface area contributed by atoms with Gasteiger partial charge in [-0.1, -0.05) is 40.4 Å². The van der Waals surface area contributed by atoms with E-state index >= 15 is 0 Å². The second-order valence-electron chi connectivity index (χ2n) is 5.45. The highest BCUT2D eigenvalue weighted by molar-refractivity contribution is 9.10. The number of nitrogens with one attached hydrogen (secondary N) is 1. The Morgan fingerprint density at radius 3 is 2.85 bits per heavy atom. The molecule has 0 radical (unpaired) electrons. The third kappa shape index (κ3) is 3.95. The van der Waals surface area contributed by atoms with Gasteiger partial charge in [0.1, 0.15) is 0 Å². The molecule has 0 saturated heterocycles. The Labute approximate surface area is 134 Å². The molecule has 3 unspecified atom stereocenters. The first kappa shape index (κ1) is 16.2. The predicted molar refractivity (Wildman–Crippen MR) is 86.9 cm³/mol. The highest BCUT2D eigenvalue weighted by atomic mass is 79.9. The van der Waals surface area contributed by atoms with E-state index in [2.05, 4.69) is 21.2 Å². The fourth-order valence-electron chi connectivity index (χ4n) is 2.97. The van der Waals surface area contributed by atoms with Crippen LogP contribution >= 0.6 is 27.5 Å². The van der Waals surface area contributed by atoms with Crippen molar-refractivity contribution in [2.24, 2.45) is 11.7 Å². The third-order valence-electron chi connectivity index (χ3n) is 4.13. The van der Waals surface area contributed by atoms with Crippen LogP contribution in [-0.4, -0.2) is 24.3 Å². The van der Waals surface area contributed by atoms with E-state index in [0.29, 0.717) is 23.5 Å². The minimum Gasteiger partial charge on any atom is -0.396 e. The quantitative estimate of drug-likeness (QED) is 0.754. The van der Waals surface area contributed by atoms with Crippen LogP contribution in [0.25, 0.3) is 0 Å². The molecule has 3 atom stereocenters. The van der Waals surface area contributed by atoms with Crippen molar-refractivity contribution in [3.05, 3.63) is 33.3 Å². The van der Waals surface area contributed by atoms with Gasteiger partial charge in [-0.05, 0) is 42.5 Å². The maximum Gasteiger partial charge on any atom is 0.0474 e. The van der Waals surface area contributed by atoms with Crippen LogP contribution in [0.5, 0.6) is 0 Å². The monoisotopic (exact) mass is 360 g/mol. The van der Waals surface area contributed by atoms with Crippen molar-refractivity contribution in [3.63, 3.8) is 0 Å². The molecule has 0 amide bonds. The average molecular weight is 362 g/mol. The molecule has 3 nitrogen and oxygen atoms in total. The van der Waals surface area contributed by atoms with Gasteiger partial charge in [-0.15, -0.1) is 0 Å². The van der Waals surface area contributed by atoms with E-state index in [4.69, 9.17) is 17.3 Å². The number of nitrogens with two attached hydrogens (primary N) is 1. The molecule has 0 spiro atoms. The summed E-state index contributed by atoms with van der Waals surface area (Å²) in [6.45, 7) is 0.749. The normalized spacial score (nSPS) is 24.6. The molecule has 0 aliphatic heterocycles. The number of aliphatic hydroxyl groups excluding tert-OH is 1. The molecule has 20 heavy (non-hydrogen) atoms. The Hall–Kier alpha value is -0.130. The average Bonchev–Trinajstić information content (AvgIpc) is 2.48. The molecular formula is C15H22BrClN2O. The summed E-state index contributed by atoms with van der Waals surface area (Å²) in [4.78, 5) is 0. The summed E-state index contributed by atoms with van der Waals surface area (Å²) in [5, 5.41) is 13.8. The minimum absolute atomic E-state index is 0.0558. The van der Waals surface area contributed by atoms with Gasteiger partial charge in [0.25, 0.3) is 0 Å². The van der Waals surface area contributed by atoms with Crippen molar-refractivity contribution < 1.29 is 5.11 Å². The van der Waals surface area contributed by atoms with Crippen LogP contribution in [0.3, 0.4) is 0 Å². The third-order valence-corrected chi connectivity index (χ3v) is 5.09. The predicted octanol–water partition coefficient (Wildman–Crippen LogP) is 3.24. The fourth-order valence-corrected chi connectivity index (χ4v) is 3.67. The van der Waals surface area contributed by atoms with E-state index in [9.17, 15) is 5.11 Å². The molecule has 112 valence electrons. The standard InChI is InChI=1S/C15H22BrClN2O/c16-13-6-5-11(17)7-12(13)15(8-18)19-14-4-2-1-3-10(14)9-20/h5-7,10,14-15,19-20H,1-4,8-9,18H2. The lowest BCUT2D eigenvalue weighted by atomic mass is 9.84. The first-order valence-corrected chi connectivity index (χ1v) is 8.34. The number of benzene rings is 1. The summed E-state index contributed by atoms with van der Waals surface area (Å²) in [5.74, 6) is 0.329. The zero-order chi connectivity index (χ0) is 14.5. The topological polar surface area (TPSA) is 58.3 Å². The summed E-state index contributed by atoms with van der Waals surface area (Å²) in [5.41, 5.74) is 7.02. The minimum atomic E-state index is 0.0558. The zero-order valence-corrected chi connectivity index (χ0v) is 13.8. The number of halogens is 2. The molecule has 0 aromatic heterocycles. The first-order valence-electron chi connectivity index (χ1n) is 7.17. The van der Waals surface area contributed by atoms with E-state index in [0.717, 1.165) is 22.9 Å². The molecule has 0 bridgehead atoms. The lowest BCUT2D eigenvalue weighted by Crippen LogP contribution is -2.44. The van der Waals surface area contributed by atoms with Crippen LogP contribution in [0.1, 0.15) is 37.3 Å². The van der Waals surface area contributed by atoms with Crippen LogP contribution in [0, 0.1) is 5.92 Å². The smallest absolute Gasteiger partial charge is 0.0474 e. The summed E-state index contributed by atoms with van der Waals surface area (Å²) >= 11 is 9.65. The summed E-state index contributed by atoms with van der Waals surface area (Å²) < 4.78 is 1.02. The maximum atomic E-state index is 9.51. The molecule has 1 aliphatic rings. The maximum absolute atomic E-state index is 9.51. The lowest BCUT2D eigenvalue weighted by Gasteiger charge is -2.34. The van der Waals surface area contributed by atoms with Gasteiger partial charge in [0, 0.05) is 34.7 Å². The number of hydrogen-bond acceptors (Lipinski definition) is 3. The molecule has 5 heteroatoms. The Morgan fingerprint density at radius 1 is 1.40 bits per heavy atom. The van der Waals surface area contributed by atoms with Gasteiger partial charge in [0.05, 0.1) is 0 Å². The second kappa shape index (κ2) is 7.76. The Balaban J connectivity index is 2.13. The van der Waals surface area contributed by atoms with E-state index in [1.54, 1.807) is 0 Å². The van der Waals surface area contributed by atoms with Crippen molar-refractivity contribution in [3.8, 4) is 0 Å². The molecule has 4 N–H and O–H groups in total. The number of hydrogen-bond donors (Lipinski definition) is 3. The number of aliphatic hydroxyl groups is 1. The summed E-state index contributed by atoms with van der Waals surface area (Å²) in [6, 6.07) is 6.15. The molecule has 1 aromatic carbocycles. The van der Waals surface area contributed by atoms with Crippen molar-refractivity contribution in [1.29, 1.82) is 0 Å². The Morgan fingerprint density at radius 2 is 2.15 bits per heavy atom. The van der Waals surface area contributed by atoms with Gasteiger partial charge in [-0.2, -0.15) is 0 Å². The van der Waals surface area contributed by atoms with E-state index in [1.807, 2.05) is 18.2 Å². The SMILES string of the molecule is NCC(NC1CCCCC1CO)c1cc(Cl)ccc1Br.